The van der Waals surface area contributed by atoms with E-state index in [0.29, 0.717) is 6.04 Å². The fourth-order valence-electron chi connectivity index (χ4n) is 1.52. The summed E-state index contributed by atoms with van der Waals surface area (Å²) in [5.41, 5.74) is 0. The summed E-state index contributed by atoms with van der Waals surface area (Å²) in [4.78, 5) is 6.61. The summed E-state index contributed by atoms with van der Waals surface area (Å²) in [6, 6.07) is 0.607. The lowest BCUT2D eigenvalue weighted by molar-refractivity contribution is 0.167. The van der Waals surface area contributed by atoms with Crippen LogP contribution >= 0.6 is 0 Å². The largest absolute Gasteiger partial charge is 0.292 e. The van der Waals surface area contributed by atoms with Gasteiger partial charge in [-0.1, -0.05) is 27.7 Å². The summed E-state index contributed by atoms with van der Waals surface area (Å²) in [6.07, 6.45) is 1.64. The van der Waals surface area contributed by atoms with E-state index in [1.807, 2.05) is 32.4 Å². The van der Waals surface area contributed by atoms with Crippen molar-refractivity contribution in [1.29, 1.82) is 0 Å². The van der Waals surface area contributed by atoms with Gasteiger partial charge in [0.1, 0.15) is 12.2 Å². The van der Waals surface area contributed by atoms with Crippen LogP contribution in [0.5, 0.6) is 0 Å². The second-order valence-corrected chi connectivity index (χ2v) is 3.46. The Morgan fingerprint density at radius 1 is 1.12 bits per heavy atom. The maximum Gasteiger partial charge on any atom is 0.141 e. The molecule has 16 heavy (non-hydrogen) atoms. The molecule has 94 valence electrons. The number of hydrogen-bond donors (Lipinski definition) is 0. The van der Waals surface area contributed by atoms with Crippen LogP contribution in [0.15, 0.2) is 6.33 Å². The zero-order valence-electron chi connectivity index (χ0n) is 11.6. The molecule has 1 aliphatic heterocycles. The van der Waals surface area contributed by atoms with Crippen molar-refractivity contribution in [3.63, 3.8) is 0 Å². The van der Waals surface area contributed by atoms with Crippen LogP contribution in [0, 0.1) is 0 Å². The second-order valence-electron chi connectivity index (χ2n) is 3.46. The zero-order valence-corrected chi connectivity index (χ0v) is 11.6. The molecule has 0 unspecified atom stereocenters. The standard InChI is InChI=1S/C8H14N4.2C2H6/c1-7(2)11-3-4-12-8(5-11)9-6-10-12;2*1-2/h6-7H,3-5H2,1-2H3;2*1-2H3. The van der Waals surface area contributed by atoms with E-state index >= 15 is 0 Å². The van der Waals surface area contributed by atoms with Gasteiger partial charge in [0.25, 0.3) is 0 Å². The summed E-state index contributed by atoms with van der Waals surface area (Å²) in [5, 5.41) is 4.13. The third-order valence-electron chi connectivity index (χ3n) is 2.37. The normalized spacial score (nSPS) is 14.4. The average Bonchev–Trinajstić information content (AvgIpc) is 2.81. The SMILES string of the molecule is CC.CC.CC(C)N1CCn2ncnc2C1. The van der Waals surface area contributed by atoms with E-state index in [1.165, 1.54) is 0 Å². The van der Waals surface area contributed by atoms with Crippen LogP contribution in [0.2, 0.25) is 0 Å². The Labute approximate surface area is 99.7 Å². The van der Waals surface area contributed by atoms with Crippen LogP contribution in [-0.2, 0) is 13.1 Å². The number of aromatic nitrogens is 3. The van der Waals surface area contributed by atoms with Gasteiger partial charge in [0.05, 0.1) is 13.1 Å². The molecule has 4 heteroatoms. The maximum atomic E-state index is 4.20. The predicted octanol–water partition coefficient (Wildman–Crippen LogP) is 2.55. The molecule has 0 saturated heterocycles. The summed E-state index contributed by atoms with van der Waals surface area (Å²) in [7, 11) is 0. The lowest BCUT2D eigenvalue weighted by atomic mass is 10.3. The molecule has 4 nitrogen and oxygen atoms in total. The van der Waals surface area contributed by atoms with Crippen molar-refractivity contribution in [1.82, 2.24) is 19.7 Å². The van der Waals surface area contributed by atoms with E-state index in [2.05, 4.69) is 28.8 Å². The average molecular weight is 226 g/mol. The van der Waals surface area contributed by atoms with Gasteiger partial charge in [-0.2, -0.15) is 5.10 Å². The highest BCUT2D eigenvalue weighted by atomic mass is 15.4. The quantitative estimate of drug-likeness (QED) is 0.738. The van der Waals surface area contributed by atoms with Crippen molar-refractivity contribution < 1.29 is 0 Å². The van der Waals surface area contributed by atoms with Crippen molar-refractivity contribution >= 4 is 0 Å². The molecule has 1 aromatic rings. The minimum atomic E-state index is 0.607. The Balaban J connectivity index is 0.000000509. The van der Waals surface area contributed by atoms with Crippen LogP contribution in [0.1, 0.15) is 47.4 Å². The first-order chi connectivity index (χ1) is 7.77. The highest BCUT2D eigenvalue weighted by Gasteiger charge is 2.18. The van der Waals surface area contributed by atoms with E-state index < -0.39 is 0 Å². The fraction of sp³-hybridized carbons (Fsp3) is 0.833. The van der Waals surface area contributed by atoms with Crippen molar-refractivity contribution in [2.45, 2.75) is 60.7 Å². The minimum Gasteiger partial charge on any atom is -0.292 e. The molecule has 0 saturated carbocycles. The van der Waals surface area contributed by atoms with Gasteiger partial charge in [0.2, 0.25) is 0 Å². The number of nitrogens with zero attached hydrogens (tertiary/aromatic N) is 4. The maximum absolute atomic E-state index is 4.20. The molecule has 0 spiro atoms. The molecule has 0 aliphatic carbocycles. The monoisotopic (exact) mass is 226 g/mol. The minimum absolute atomic E-state index is 0.607. The van der Waals surface area contributed by atoms with Gasteiger partial charge < -0.3 is 0 Å². The molecule has 0 aromatic carbocycles. The first-order valence-electron chi connectivity index (χ1n) is 6.38. The Bertz CT molecular complexity index is 268. The van der Waals surface area contributed by atoms with E-state index in [1.54, 1.807) is 6.33 Å². The van der Waals surface area contributed by atoms with E-state index in [0.717, 1.165) is 25.5 Å². The zero-order chi connectivity index (χ0) is 12.6. The number of hydrogen-bond acceptors (Lipinski definition) is 3. The molecule has 1 aromatic heterocycles. The topological polar surface area (TPSA) is 34.0 Å². The summed E-state index contributed by atoms with van der Waals surface area (Å²) in [5.74, 6) is 1.09. The van der Waals surface area contributed by atoms with Gasteiger partial charge in [-0.25, -0.2) is 9.67 Å². The molecule has 2 rings (SSSR count). The summed E-state index contributed by atoms with van der Waals surface area (Å²) < 4.78 is 1.98. The van der Waals surface area contributed by atoms with Gasteiger partial charge in [-0.05, 0) is 13.8 Å². The highest BCUT2D eigenvalue weighted by Crippen LogP contribution is 2.10. The Morgan fingerprint density at radius 3 is 2.31 bits per heavy atom. The van der Waals surface area contributed by atoms with Crippen LogP contribution in [0.4, 0.5) is 0 Å². The number of rotatable bonds is 1. The van der Waals surface area contributed by atoms with Gasteiger partial charge in [-0.15, -0.1) is 0 Å². The summed E-state index contributed by atoms with van der Waals surface area (Å²) >= 11 is 0. The molecule has 0 atom stereocenters. The molecule has 0 amide bonds. The van der Waals surface area contributed by atoms with Crippen LogP contribution in [0.25, 0.3) is 0 Å². The first kappa shape index (κ1) is 15.1. The van der Waals surface area contributed by atoms with E-state index in [4.69, 9.17) is 0 Å². The van der Waals surface area contributed by atoms with Crippen molar-refractivity contribution in [3.05, 3.63) is 12.2 Å². The Morgan fingerprint density at radius 2 is 1.75 bits per heavy atom. The molecular formula is C12H26N4. The third-order valence-corrected chi connectivity index (χ3v) is 2.37. The fourth-order valence-corrected chi connectivity index (χ4v) is 1.52. The van der Waals surface area contributed by atoms with Crippen LogP contribution < -0.4 is 0 Å². The van der Waals surface area contributed by atoms with Crippen LogP contribution in [-0.4, -0.2) is 32.3 Å². The molecule has 2 heterocycles. The van der Waals surface area contributed by atoms with Crippen LogP contribution in [0.3, 0.4) is 0 Å². The van der Waals surface area contributed by atoms with Crippen molar-refractivity contribution in [3.8, 4) is 0 Å². The van der Waals surface area contributed by atoms with E-state index in [-0.39, 0.29) is 0 Å². The van der Waals surface area contributed by atoms with Gasteiger partial charge in [-0.3, -0.25) is 4.90 Å². The highest BCUT2D eigenvalue weighted by molar-refractivity contribution is 4.89. The van der Waals surface area contributed by atoms with Crippen molar-refractivity contribution in [2.24, 2.45) is 0 Å². The predicted molar refractivity (Wildman–Crippen MR) is 68.3 cm³/mol. The van der Waals surface area contributed by atoms with Gasteiger partial charge in [0.15, 0.2) is 0 Å². The molecule has 0 N–H and O–H groups in total. The first-order valence-corrected chi connectivity index (χ1v) is 6.38. The number of fused-ring (bicyclic) bond motifs is 1. The van der Waals surface area contributed by atoms with Gasteiger partial charge in [0, 0.05) is 12.6 Å². The lowest BCUT2D eigenvalue weighted by Crippen LogP contribution is -2.38. The van der Waals surface area contributed by atoms with E-state index in [9.17, 15) is 0 Å². The molecular weight excluding hydrogens is 200 g/mol. The summed E-state index contributed by atoms with van der Waals surface area (Å²) in [6.45, 7) is 15.4. The molecule has 0 fully saturated rings. The smallest absolute Gasteiger partial charge is 0.141 e. The molecule has 0 radical (unpaired) electrons. The Kier molecular flexibility index (Phi) is 7.81. The lowest BCUT2D eigenvalue weighted by Gasteiger charge is -2.29. The Hall–Kier alpha value is -0.900. The van der Waals surface area contributed by atoms with Crippen molar-refractivity contribution in [2.75, 3.05) is 6.54 Å². The second kappa shape index (κ2) is 8.28. The van der Waals surface area contributed by atoms with Gasteiger partial charge >= 0.3 is 0 Å². The third kappa shape index (κ3) is 3.93. The molecule has 0 bridgehead atoms. The molecule has 1 aliphatic rings.